The summed E-state index contributed by atoms with van der Waals surface area (Å²) in [5, 5.41) is 0. The molecule has 0 atom stereocenters. The second-order valence-corrected chi connectivity index (χ2v) is 3.19. The molecule has 1 aromatic rings. The number of alkyl halides is 3. The molecule has 1 nitrogen and oxygen atoms in total. The van der Waals surface area contributed by atoms with Gasteiger partial charge in [-0.25, -0.2) is 4.39 Å². The minimum Gasteiger partial charge on any atom is -0.330 e. The SMILES string of the molecule is NCCCc1ccc(F)cc1C(F)(F)F. The molecular weight excluding hydrogens is 210 g/mol. The number of hydrogen-bond donors (Lipinski definition) is 1. The van der Waals surface area contributed by atoms with Crippen molar-refractivity contribution in [2.75, 3.05) is 6.54 Å². The first-order chi connectivity index (χ1) is 6.95. The minimum atomic E-state index is -4.51. The van der Waals surface area contributed by atoms with Crippen molar-refractivity contribution in [3.63, 3.8) is 0 Å². The first kappa shape index (κ1) is 12.0. The summed E-state index contributed by atoms with van der Waals surface area (Å²) in [5.74, 6) is -0.876. The van der Waals surface area contributed by atoms with Crippen molar-refractivity contribution >= 4 is 0 Å². The van der Waals surface area contributed by atoms with Gasteiger partial charge in [-0.1, -0.05) is 6.07 Å². The fourth-order valence-corrected chi connectivity index (χ4v) is 1.32. The largest absolute Gasteiger partial charge is 0.416 e. The lowest BCUT2D eigenvalue weighted by molar-refractivity contribution is -0.138. The third-order valence-electron chi connectivity index (χ3n) is 2.03. The van der Waals surface area contributed by atoms with Gasteiger partial charge in [0.25, 0.3) is 0 Å². The van der Waals surface area contributed by atoms with Gasteiger partial charge in [0.1, 0.15) is 5.82 Å². The molecule has 5 heteroatoms. The Morgan fingerprint density at radius 1 is 1.20 bits per heavy atom. The van der Waals surface area contributed by atoms with E-state index < -0.39 is 17.6 Å². The zero-order chi connectivity index (χ0) is 11.5. The molecule has 0 saturated carbocycles. The average Bonchev–Trinajstić information content (AvgIpc) is 2.14. The highest BCUT2D eigenvalue weighted by atomic mass is 19.4. The average molecular weight is 221 g/mol. The van der Waals surface area contributed by atoms with Crippen LogP contribution >= 0.6 is 0 Å². The third kappa shape index (κ3) is 3.20. The number of benzene rings is 1. The molecule has 0 unspecified atom stereocenters. The smallest absolute Gasteiger partial charge is 0.330 e. The Bertz CT molecular complexity index is 333. The maximum absolute atomic E-state index is 12.7. The summed E-state index contributed by atoms with van der Waals surface area (Å²) >= 11 is 0. The minimum absolute atomic E-state index is 0.0920. The van der Waals surface area contributed by atoms with Crippen molar-refractivity contribution in [3.8, 4) is 0 Å². The monoisotopic (exact) mass is 221 g/mol. The van der Waals surface area contributed by atoms with Gasteiger partial charge in [0.05, 0.1) is 5.56 Å². The number of aryl methyl sites for hydroxylation is 1. The van der Waals surface area contributed by atoms with Gasteiger partial charge in [-0.05, 0) is 37.1 Å². The summed E-state index contributed by atoms with van der Waals surface area (Å²) < 4.78 is 50.0. The van der Waals surface area contributed by atoms with Crippen molar-refractivity contribution < 1.29 is 17.6 Å². The van der Waals surface area contributed by atoms with Crippen LogP contribution < -0.4 is 5.73 Å². The molecule has 0 spiro atoms. The van der Waals surface area contributed by atoms with Crippen LogP contribution in [0.4, 0.5) is 17.6 Å². The first-order valence-electron chi connectivity index (χ1n) is 4.51. The van der Waals surface area contributed by atoms with E-state index in [1.807, 2.05) is 0 Å². The van der Waals surface area contributed by atoms with Gasteiger partial charge in [0.2, 0.25) is 0 Å². The molecule has 84 valence electrons. The summed E-state index contributed by atoms with van der Waals surface area (Å²) in [6, 6.07) is 2.71. The maximum Gasteiger partial charge on any atom is 0.416 e. The Kier molecular flexibility index (Phi) is 3.68. The Morgan fingerprint density at radius 2 is 1.87 bits per heavy atom. The summed E-state index contributed by atoms with van der Waals surface area (Å²) in [5.41, 5.74) is 4.40. The predicted molar refractivity (Wildman–Crippen MR) is 48.8 cm³/mol. The van der Waals surface area contributed by atoms with Crippen LogP contribution in [0.25, 0.3) is 0 Å². The molecule has 0 aliphatic rings. The van der Waals surface area contributed by atoms with Crippen molar-refractivity contribution in [2.45, 2.75) is 19.0 Å². The van der Waals surface area contributed by atoms with E-state index in [0.717, 1.165) is 12.1 Å². The van der Waals surface area contributed by atoms with E-state index >= 15 is 0 Å². The van der Waals surface area contributed by atoms with Crippen molar-refractivity contribution in [2.24, 2.45) is 5.73 Å². The molecule has 0 aliphatic carbocycles. The van der Waals surface area contributed by atoms with Gasteiger partial charge in [-0.3, -0.25) is 0 Å². The van der Waals surface area contributed by atoms with Gasteiger partial charge in [0.15, 0.2) is 0 Å². The summed E-state index contributed by atoms with van der Waals surface area (Å²) in [6.07, 6.45) is -3.84. The number of rotatable bonds is 3. The van der Waals surface area contributed by atoms with Gasteiger partial charge in [-0.15, -0.1) is 0 Å². The molecule has 0 radical (unpaired) electrons. The Labute approximate surface area is 84.9 Å². The molecule has 1 aromatic carbocycles. The number of halogens is 4. The maximum atomic E-state index is 12.7. The van der Waals surface area contributed by atoms with E-state index in [9.17, 15) is 17.6 Å². The molecular formula is C10H11F4N. The first-order valence-corrected chi connectivity index (χ1v) is 4.51. The van der Waals surface area contributed by atoms with Crippen molar-refractivity contribution in [1.82, 2.24) is 0 Å². The highest BCUT2D eigenvalue weighted by molar-refractivity contribution is 5.30. The lowest BCUT2D eigenvalue weighted by Gasteiger charge is -2.12. The van der Waals surface area contributed by atoms with Crippen LogP contribution in [0.3, 0.4) is 0 Å². The lowest BCUT2D eigenvalue weighted by atomic mass is 10.0. The zero-order valence-corrected chi connectivity index (χ0v) is 7.94. The van der Waals surface area contributed by atoms with Crippen LogP contribution in [0.2, 0.25) is 0 Å². The molecule has 1 rings (SSSR count). The fraction of sp³-hybridized carbons (Fsp3) is 0.400. The second kappa shape index (κ2) is 4.61. The Hall–Kier alpha value is -1.10. The predicted octanol–water partition coefficient (Wildman–Crippen LogP) is 2.74. The highest BCUT2D eigenvalue weighted by Crippen LogP contribution is 2.32. The zero-order valence-electron chi connectivity index (χ0n) is 7.94. The van der Waals surface area contributed by atoms with E-state index in [-0.39, 0.29) is 12.0 Å². The number of nitrogens with two attached hydrogens (primary N) is 1. The second-order valence-electron chi connectivity index (χ2n) is 3.19. The third-order valence-corrected chi connectivity index (χ3v) is 2.03. The number of hydrogen-bond acceptors (Lipinski definition) is 1. The fourth-order valence-electron chi connectivity index (χ4n) is 1.32. The van der Waals surface area contributed by atoms with Crippen LogP contribution in [-0.4, -0.2) is 6.54 Å². The standard InChI is InChI=1S/C10H11F4N/c11-8-4-3-7(2-1-5-15)9(6-8)10(12,13)14/h3-4,6H,1-2,5,15H2. The quantitative estimate of drug-likeness (QED) is 0.780. The van der Waals surface area contributed by atoms with Crippen LogP contribution in [0.15, 0.2) is 18.2 Å². The summed E-state index contributed by atoms with van der Waals surface area (Å²) in [6.45, 7) is 0.314. The highest BCUT2D eigenvalue weighted by Gasteiger charge is 2.33. The van der Waals surface area contributed by atoms with E-state index in [4.69, 9.17) is 5.73 Å². The molecule has 2 N–H and O–H groups in total. The van der Waals surface area contributed by atoms with Crippen LogP contribution in [0.1, 0.15) is 17.5 Å². The molecule has 0 aliphatic heterocycles. The normalized spacial score (nSPS) is 11.8. The molecule has 0 bridgehead atoms. The molecule has 0 heterocycles. The lowest BCUT2D eigenvalue weighted by Crippen LogP contribution is -2.11. The van der Waals surface area contributed by atoms with Gasteiger partial charge in [0, 0.05) is 0 Å². The molecule has 15 heavy (non-hydrogen) atoms. The molecule has 0 aromatic heterocycles. The van der Waals surface area contributed by atoms with Gasteiger partial charge >= 0.3 is 6.18 Å². The Morgan fingerprint density at radius 3 is 2.40 bits per heavy atom. The van der Waals surface area contributed by atoms with E-state index in [1.165, 1.54) is 0 Å². The molecule has 0 fully saturated rings. The van der Waals surface area contributed by atoms with Gasteiger partial charge < -0.3 is 5.73 Å². The summed E-state index contributed by atoms with van der Waals surface area (Å²) in [7, 11) is 0. The van der Waals surface area contributed by atoms with Crippen LogP contribution in [-0.2, 0) is 12.6 Å². The van der Waals surface area contributed by atoms with Crippen molar-refractivity contribution in [3.05, 3.63) is 35.1 Å². The van der Waals surface area contributed by atoms with E-state index in [2.05, 4.69) is 0 Å². The molecule has 0 saturated heterocycles. The van der Waals surface area contributed by atoms with E-state index in [0.29, 0.717) is 19.0 Å². The van der Waals surface area contributed by atoms with Crippen molar-refractivity contribution in [1.29, 1.82) is 0 Å². The van der Waals surface area contributed by atoms with Gasteiger partial charge in [-0.2, -0.15) is 13.2 Å². The van der Waals surface area contributed by atoms with Crippen LogP contribution in [0, 0.1) is 5.82 Å². The topological polar surface area (TPSA) is 26.0 Å². The van der Waals surface area contributed by atoms with E-state index in [1.54, 1.807) is 0 Å². The Balaban J connectivity index is 3.04. The summed E-state index contributed by atoms with van der Waals surface area (Å²) in [4.78, 5) is 0. The van der Waals surface area contributed by atoms with Crippen LogP contribution in [0.5, 0.6) is 0 Å². The molecule has 0 amide bonds.